The Morgan fingerprint density at radius 2 is 2.15 bits per heavy atom. The highest BCUT2D eigenvalue weighted by Crippen LogP contribution is 2.29. The smallest absolute Gasteiger partial charge is 0.262 e. The molecule has 0 saturated carbocycles. The fraction of sp³-hybridized carbons (Fsp3) is 0.143. The van der Waals surface area contributed by atoms with Gasteiger partial charge in [-0.3, -0.25) is 4.31 Å². The van der Waals surface area contributed by atoms with E-state index >= 15 is 0 Å². The molecule has 0 amide bonds. The summed E-state index contributed by atoms with van der Waals surface area (Å²) in [5.74, 6) is 0. The largest absolute Gasteiger partial charge is 0.274 e. The van der Waals surface area contributed by atoms with E-state index < -0.39 is 10.0 Å². The minimum absolute atomic E-state index is 0.194. The summed E-state index contributed by atoms with van der Waals surface area (Å²) in [5.41, 5.74) is 1.44. The zero-order chi connectivity index (χ0) is 14.8. The first-order valence-corrected chi connectivity index (χ1v) is 8.60. The topological polar surface area (TPSA) is 37.4 Å². The molecular formula is C14H14ClNO2S2. The third-order valence-electron chi connectivity index (χ3n) is 2.78. The van der Waals surface area contributed by atoms with E-state index in [1.54, 1.807) is 41.8 Å². The van der Waals surface area contributed by atoms with Crippen LogP contribution in [0, 0.1) is 6.92 Å². The molecule has 1 aromatic carbocycles. The second-order valence-electron chi connectivity index (χ2n) is 4.19. The lowest BCUT2D eigenvalue weighted by molar-refractivity contribution is 0.595. The van der Waals surface area contributed by atoms with Gasteiger partial charge < -0.3 is 0 Å². The molecule has 0 saturated heterocycles. The third kappa shape index (κ3) is 2.90. The summed E-state index contributed by atoms with van der Waals surface area (Å²) in [4.78, 5) is 0. The number of anilines is 1. The van der Waals surface area contributed by atoms with Crippen molar-refractivity contribution in [2.75, 3.05) is 10.8 Å². The van der Waals surface area contributed by atoms with Crippen LogP contribution in [-0.4, -0.2) is 15.0 Å². The molecule has 6 heteroatoms. The Bertz CT molecular complexity index is 709. The summed E-state index contributed by atoms with van der Waals surface area (Å²) in [6.07, 6.45) is 1.55. The van der Waals surface area contributed by atoms with E-state index in [-0.39, 0.29) is 6.54 Å². The number of nitrogens with zero attached hydrogens (tertiary/aromatic N) is 1. The predicted octanol–water partition coefficient (Wildman–Crippen LogP) is 4.09. The number of thiophene rings is 1. The summed E-state index contributed by atoms with van der Waals surface area (Å²) >= 11 is 7.28. The van der Waals surface area contributed by atoms with Crippen LogP contribution in [0.1, 0.15) is 5.56 Å². The molecular weight excluding hydrogens is 314 g/mol. The fourth-order valence-corrected chi connectivity index (χ4v) is 4.42. The van der Waals surface area contributed by atoms with Crippen LogP contribution >= 0.6 is 22.9 Å². The lowest BCUT2D eigenvalue weighted by Crippen LogP contribution is -2.30. The number of sulfonamides is 1. The van der Waals surface area contributed by atoms with E-state index in [2.05, 4.69) is 6.58 Å². The van der Waals surface area contributed by atoms with Gasteiger partial charge in [-0.2, -0.15) is 0 Å². The molecule has 0 aliphatic heterocycles. The fourth-order valence-electron chi connectivity index (χ4n) is 1.72. The highest BCUT2D eigenvalue weighted by Gasteiger charge is 2.25. The maximum atomic E-state index is 12.6. The second kappa shape index (κ2) is 5.99. The maximum absolute atomic E-state index is 12.6. The Kier molecular flexibility index (Phi) is 4.52. The summed E-state index contributed by atoms with van der Waals surface area (Å²) in [6.45, 7) is 5.69. The number of benzene rings is 1. The lowest BCUT2D eigenvalue weighted by Gasteiger charge is -2.22. The molecule has 1 aromatic heterocycles. The van der Waals surface area contributed by atoms with E-state index in [9.17, 15) is 8.42 Å². The number of rotatable bonds is 5. The van der Waals surface area contributed by atoms with Crippen LogP contribution in [0.15, 0.2) is 52.6 Å². The van der Waals surface area contributed by atoms with Crippen LogP contribution in [0.5, 0.6) is 0 Å². The molecule has 0 atom stereocenters. The van der Waals surface area contributed by atoms with Crippen molar-refractivity contribution in [3.05, 3.63) is 59.0 Å². The molecule has 106 valence electrons. The Labute approximate surface area is 128 Å². The molecule has 3 nitrogen and oxygen atoms in total. The van der Waals surface area contributed by atoms with Gasteiger partial charge >= 0.3 is 0 Å². The highest BCUT2D eigenvalue weighted by atomic mass is 35.5. The summed E-state index contributed by atoms with van der Waals surface area (Å²) in [5, 5.41) is 2.28. The molecule has 0 aliphatic carbocycles. The van der Waals surface area contributed by atoms with Crippen molar-refractivity contribution in [3.8, 4) is 0 Å². The maximum Gasteiger partial charge on any atom is 0.274 e. The monoisotopic (exact) mass is 327 g/mol. The number of hydrogen-bond donors (Lipinski definition) is 0. The molecule has 0 spiro atoms. The second-order valence-corrected chi connectivity index (χ2v) is 7.63. The van der Waals surface area contributed by atoms with Crippen LogP contribution < -0.4 is 4.31 Å². The number of hydrogen-bond acceptors (Lipinski definition) is 3. The first-order chi connectivity index (χ1) is 9.46. The van der Waals surface area contributed by atoms with Crippen LogP contribution in [0.4, 0.5) is 5.69 Å². The van der Waals surface area contributed by atoms with Crippen molar-refractivity contribution in [1.29, 1.82) is 0 Å². The van der Waals surface area contributed by atoms with Crippen LogP contribution in [-0.2, 0) is 10.0 Å². The van der Waals surface area contributed by atoms with Crippen LogP contribution in [0.2, 0.25) is 5.02 Å². The summed E-state index contributed by atoms with van der Waals surface area (Å²) in [6, 6.07) is 8.51. The molecule has 2 rings (SSSR count). The van der Waals surface area contributed by atoms with Gasteiger partial charge in [0, 0.05) is 5.02 Å². The van der Waals surface area contributed by atoms with Gasteiger partial charge in [0.2, 0.25) is 0 Å². The molecule has 0 bridgehead atoms. The first kappa shape index (κ1) is 15.1. The van der Waals surface area contributed by atoms with Crippen molar-refractivity contribution < 1.29 is 8.42 Å². The average Bonchev–Trinajstić information content (AvgIpc) is 2.94. The van der Waals surface area contributed by atoms with Crippen molar-refractivity contribution in [2.45, 2.75) is 11.1 Å². The van der Waals surface area contributed by atoms with E-state index in [1.807, 2.05) is 6.92 Å². The predicted molar refractivity (Wildman–Crippen MR) is 85.2 cm³/mol. The Morgan fingerprint density at radius 3 is 2.70 bits per heavy atom. The Balaban J connectivity index is 2.51. The van der Waals surface area contributed by atoms with E-state index in [1.165, 1.54) is 15.6 Å². The average molecular weight is 328 g/mol. The Morgan fingerprint density at radius 1 is 1.40 bits per heavy atom. The Hall–Kier alpha value is -1.30. The van der Waals surface area contributed by atoms with Gasteiger partial charge in [-0.25, -0.2) is 8.42 Å². The van der Waals surface area contributed by atoms with E-state index in [4.69, 9.17) is 11.6 Å². The summed E-state index contributed by atoms with van der Waals surface area (Å²) < 4.78 is 26.9. The molecule has 1 heterocycles. The van der Waals surface area contributed by atoms with Gasteiger partial charge in [0.1, 0.15) is 4.21 Å². The van der Waals surface area contributed by atoms with Crippen LogP contribution in [0.3, 0.4) is 0 Å². The normalized spacial score (nSPS) is 11.3. The summed E-state index contributed by atoms with van der Waals surface area (Å²) in [7, 11) is -3.58. The van der Waals surface area contributed by atoms with Gasteiger partial charge in [0.25, 0.3) is 10.0 Å². The van der Waals surface area contributed by atoms with Crippen molar-refractivity contribution in [2.24, 2.45) is 0 Å². The zero-order valence-corrected chi connectivity index (χ0v) is 13.3. The zero-order valence-electron chi connectivity index (χ0n) is 10.9. The van der Waals surface area contributed by atoms with Gasteiger partial charge in [0.15, 0.2) is 0 Å². The van der Waals surface area contributed by atoms with Gasteiger partial charge in [0.05, 0.1) is 12.2 Å². The van der Waals surface area contributed by atoms with Crippen molar-refractivity contribution in [3.63, 3.8) is 0 Å². The molecule has 0 N–H and O–H groups in total. The number of halogens is 1. The van der Waals surface area contributed by atoms with Crippen molar-refractivity contribution in [1.82, 2.24) is 0 Å². The van der Waals surface area contributed by atoms with Gasteiger partial charge in [-0.15, -0.1) is 17.9 Å². The number of aryl methyl sites for hydroxylation is 1. The molecule has 0 aliphatic rings. The van der Waals surface area contributed by atoms with E-state index in [0.717, 1.165) is 5.56 Å². The van der Waals surface area contributed by atoms with Gasteiger partial charge in [-0.1, -0.05) is 29.8 Å². The molecule has 20 heavy (non-hydrogen) atoms. The van der Waals surface area contributed by atoms with E-state index in [0.29, 0.717) is 14.9 Å². The highest BCUT2D eigenvalue weighted by molar-refractivity contribution is 7.94. The van der Waals surface area contributed by atoms with Crippen LogP contribution in [0.25, 0.3) is 0 Å². The molecule has 2 aromatic rings. The lowest BCUT2D eigenvalue weighted by atomic mass is 10.2. The molecule has 0 unspecified atom stereocenters. The standard InChI is InChI=1S/C14H14ClNO2S2/c1-3-8-16(12-7-6-11(2)13(15)10-12)20(17,18)14-5-4-9-19-14/h3-7,9-10H,1,8H2,2H3. The quantitative estimate of drug-likeness (QED) is 0.776. The first-order valence-electron chi connectivity index (χ1n) is 5.90. The third-order valence-corrected chi connectivity index (χ3v) is 6.35. The minimum Gasteiger partial charge on any atom is -0.262 e. The minimum atomic E-state index is -3.58. The molecule has 0 radical (unpaired) electrons. The molecule has 0 fully saturated rings. The SMILES string of the molecule is C=CCN(c1ccc(C)c(Cl)c1)S(=O)(=O)c1cccs1. The van der Waals surface area contributed by atoms with Crippen molar-refractivity contribution >= 4 is 38.6 Å². The van der Waals surface area contributed by atoms with Gasteiger partial charge in [-0.05, 0) is 36.1 Å².